The Labute approximate surface area is 117 Å². The summed E-state index contributed by atoms with van der Waals surface area (Å²) < 4.78 is 6.30. The molecule has 0 bridgehead atoms. The van der Waals surface area contributed by atoms with E-state index >= 15 is 0 Å². The van der Waals surface area contributed by atoms with Crippen LogP contribution in [0.4, 0.5) is 0 Å². The van der Waals surface area contributed by atoms with Crippen LogP contribution in [-0.2, 0) is 0 Å². The van der Waals surface area contributed by atoms with Gasteiger partial charge in [0.15, 0.2) is 0 Å². The maximum atomic E-state index is 11.1. The molecule has 0 saturated heterocycles. The van der Waals surface area contributed by atoms with E-state index in [4.69, 9.17) is 9.84 Å². The summed E-state index contributed by atoms with van der Waals surface area (Å²) in [6, 6.07) is 6.52. The number of carboxylic acid groups (broad SMARTS) is 1. The summed E-state index contributed by atoms with van der Waals surface area (Å²) in [5.74, 6) is 0.122. The maximum absolute atomic E-state index is 11.1. The Morgan fingerprint density at radius 1 is 1.39 bits per heavy atom. The first kappa shape index (κ1) is 12.7. The molecule has 1 aromatic heterocycles. The predicted molar refractivity (Wildman–Crippen MR) is 73.0 cm³/mol. The molecular weight excluding hydrogens is 347 g/mol. The summed E-state index contributed by atoms with van der Waals surface area (Å²) in [6.07, 6.45) is 1.56. The van der Waals surface area contributed by atoms with E-state index in [2.05, 4.69) is 9.97 Å². The lowest BCUT2D eigenvalue weighted by atomic mass is 10.2. The van der Waals surface area contributed by atoms with Gasteiger partial charge in [0.1, 0.15) is 17.1 Å². The van der Waals surface area contributed by atoms with Crippen molar-refractivity contribution < 1.29 is 14.6 Å². The number of carbonyl (C=O) groups is 1. The molecule has 1 heterocycles. The third-order valence-electron chi connectivity index (χ3n) is 2.14. The molecule has 18 heavy (non-hydrogen) atoms. The molecule has 0 saturated carbocycles. The van der Waals surface area contributed by atoms with Gasteiger partial charge >= 0.3 is 5.97 Å². The Balaban J connectivity index is 2.37. The van der Waals surface area contributed by atoms with E-state index in [0.717, 1.165) is 3.57 Å². The van der Waals surface area contributed by atoms with E-state index < -0.39 is 5.97 Å². The molecule has 0 spiro atoms. The van der Waals surface area contributed by atoms with Crippen LogP contribution >= 0.6 is 22.6 Å². The third-order valence-corrected chi connectivity index (χ3v) is 2.81. The number of rotatable bonds is 3. The van der Waals surface area contributed by atoms with Gasteiger partial charge in [0, 0.05) is 15.8 Å². The smallest absolute Gasteiger partial charge is 0.339 e. The molecule has 0 aliphatic heterocycles. The minimum absolute atomic E-state index is 0.109. The molecule has 0 aliphatic carbocycles. The standard InChI is InChI=1S/C12H9IN2O3/c1-7-14-5-4-11(15-7)18-10-3-2-8(13)6-9(10)12(16)17/h2-6H,1H3,(H,16,17). The summed E-state index contributed by atoms with van der Waals surface area (Å²) in [4.78, 5) is 19.1. The first-order valence-electron chi connectivity index (χ1n) is 5.06. The second kappa shape index (κ2) is 5.30. The highest BCUT2D eigenvalue weighted by Crippen LogP contribution is 2.25. The fourth-order valence-corrected chi connectivity index (χ4v) is 1.85. The zero-order valence-corrected chi connectivity index (χ0v) is 11.6. The zero-order chi connectivity index (χ0) is 13.1. The Kier molecular flexibility index (Phi) is 3.75. The summed E-state index contributed by atoms with van der Waals surface area (Å²) in [5, 5.41) is 9.11. The molecule has 0 fully saturated rings. The summed E-state index contributed by atoms with van der Waals surface area (Å²) in [6.45, 7) is 1.74. The van der Waals surface area contributed by atoms with Gasteiger partial charge in [0.05, 0.1) is 0 Å². The van der Waals surface area contributed by atoms with Crippen LogP contribution in [0.3, 0.4) is 0 Å². The molecule has 5 nitrogen and oxygen atoms in total. The van der Waals surface area contributed by atoms with Crippen molar-refractivity contribution in [2.24, 2.45) is 0 Å². The average molecular weight is 356 g/mol. The number of carboxylic acids is 1. The number of halogens is 1. The van der Waals surface area contributed by atoms with Crippen LogP contribution in [0, 0.1) is 10.5 Å². The average Bonchev–Trinajstić information content (AvgIpc) is 2.31. The van der Waals surface area contributed by atoms with Crippen LogP contribution in [0.5, 0.6) is 11.6 Å². The summed E-state index contributed by atoms with van der Waals surface area (Å²) >= 11 is 2.05. The van der Waals surface area contributed by atoms with Crippen molar-refractivity contribution in [2.45, 2.75) is 6.92 Å². The van der Waals surface area contributed by atoms with Crippen LogP contribution in [0.25, 0.3) is 0 Å². The Morgan fingerprint density at radius 2 is 2.17 bits per heavy atom. The van der Waals surface area contributed by atoms with E-state index in [1.54, 1.807) is 37.4 Å². The van der Waals surface area contributed by atoms with Crippen molar-refractivity contribution in [2.75, 3.05) is 0 Å². The van der Waals surface area contributed by atoms with Crippen molar-refractivity contribution in [1.29, 1.82) is 0 Å². The fraction of sp³-hybridized carbons (Fsp3) is 0.0833. The molecule has 1 aromatic carbocycles. The van der Waals surface area contributed by atoms with Crippen molar-refractivity contribution >= 4 is 28.6 Å². The molecule has 0 radical (unpaired) electrons. The van der Waals surface area contributed by atoms with E-state index in [1.165, 1.54) is 0 Å². The van der Waals surface area contributed by atoms with Crippen LogP contribution < -0.4 is 4.74 Å². The normalized spacial score (nSPS) is 10.1. The first-order chi connectivity index (χ1) is 8.56. The van der Waals surface area contributed by atoms with E-state index in [9.17, 15) is 4.79 Å². The first-order valence-corrected chi connectivity index (χ1v) is 6.14. The van der Waals surface area contributed by atoms with Gasteiger partial charge in [-0.25, -0.2) is 9.78 Å². The Hall–Kier alpha value is -1.70. The van der Waals surface area contributed by atoms with Gasteiger partial charge in [-0.1, -0.05) is 0 Å². The summed E-state index contributed by atoms with van der Waals surface area (Å²) in [7, 11) is 0. The number of aromatic carboxylic acids is 1. The van der Waals surface area contributed by atoms with Gasteiger partial charge in [-0.3, -0.25) is 0 Å². The minimum atomic E-state index is -1.03. The van der Waals surface area contributed by atoms with Gasteiger partial charge in [0.25, 0.3) is 0 Å². The molecular formula is C12H9IN2O3. The Morgan fingerprint density at radius 3 is 2.83 bits per heavy atom. The van der Waals surface area contributed by atoms with E-state index in [1.807, 2.05) is 22.6 Å². The molecule has 0 atom stereocenters. The molecule has 0 amide bonds. The van der Waals surface area contributed by atoms with Crippen LogP contribution in [0.1, 0.15) is 16.2 Å². The number of aromatic nitrogens is 2. The molecule has 2 rings (SSSR count). The largest absolute Gasteiger partial charge is 0.478 e. The highest BCUT2D eigenvalue weighted by molar-refractivity contribution is 14.1. The van der Waals surface area contributed by atoms with Crippen LogP contribution in [0.2, 0.25) is 0 Å². The van der Waals surface area contributed by atoms with E-state index in [-0.39, 0.29) is 11.3 Å². The number of nitrogens with zero attached hydrogens (tertiary/aromatic N) is 2. The summed E-state index contributed by atoms with van der Waals surface area (Å²) in [5.41, 5.74) is 0.109. The molecule has 92 valence electrons. The van der Waals surface area contributed by atoms with Crippen molar-refractivity contribution in [3.05, 3.63) is 45.4 Å². The lowest BCUT2D eigenvalue weighted by Gasteiger charge is -2.08. The number of hydrogen-bond acceptors (Lipinski definition) is 4. The third kappa shape index (κ3) is 2.95. The topological polar surface area (TPSA) is 72.3 Å². The SMILES string of the molecule is Cc1nccc(Oc2ccc(I)cc2C(=O)O)n1. The van der Waals surface area contributed by atoms with Crippen LogP contribution in [-0.4, -0.2) is 21.0 Å². The highest BCUT2D eigenvalue weighted by atomic mass is 127. The van der Waals surface area contributed by atoms with Crippen molar-refractivity contribution in [3.63, 3.8) is 0 Å². The predicted octanol–water partition coefficient (Wildman–Crippen LogP) is 2.88. The fourth-order valence-electron chi connectivity index (χ4n) is 1.36. The zero-order valence-electron chi connectivity index (χ0n) is 9.42. The van der Waals surface area contributed by atoms with Crippen molar-refractivity contribution in [1.82, 2.24) is 9.97 Å². The molecule has 2 aromatic rings. The number of hydrogen-bond donors (Lipinski definition) is 1. The number of aryl methyl sites for hydroxylation is 1. The Bertz CT molecular complexity index is 602. The van der Waals surface area contributed by atoms with Crippen LogP contribution in [0.15, 0.2) is 30.5 Å². The lowest BCUT2D eigenvalue weighted by Crippen LogP contribution is -2.01. The molecule has 0 unspecified atom stereocenters. The quantitative estimate of drug-likeness (QED) is 0.857. The monoisotopic (exact) mass is 356 g/mol. The molecule has 0 aliphatic rings. The van der Waals surface area contributed by atoms with Crippen molar-refractivity contribution in [3.8, 4) is 11.6 Å². The second-order valence-electron chi connectivity index (χ2n) is 3.49. The number of benzene rings is 1. The maximum Gasteiger partial charge on any atom is 0.339 e. The van der Waals surface area contributed by atoms with Gasteiger partial charge in [-0.15, -0.1) is 0 Å². The number of ether oxygens (including phenoxy) is 1. The highest BCUT2D eigenvalue weighted by Gasteiger charge is 2.13. The van der Waals surface area contributed by atoms with Gasteiger partial charge < -0.3 is 9.84 Å². The van der Waals surface area contributed by atoms with E-state index in [0.29, 0.717) is 11.7 Å². The second-order valence-corrected chi connectivity index (χ2v) is 4.74. The van der Waals surface area contributed by atoms with Gasteiger partial charge in [-0.05, 0) is 47.7 Å². The lowest BCUT2D eigenvalue weighted by molar-refractivity contribution is 0.0694. The van der Waals surface area contributed by atoms with Gasteiger partial charge in [-0.2, -0.15) is 4.98 Å². The molecule has 6 heteroatoms. The minimum Gasteiger partial charge on any atom is -0.478 e. The molecule has 1 N–H and O–H groups in total. The van der Waals surface area contributed by atoms with Gasteiger partial charge in [0.2, 0.25) is 5.88 Å².